The minimum absolute atomic E-state index is 0.00293. The van der Waals surface area contributed by atoms with Crippen molar-refractivity contribution < 1.29 is 15.0 Å². The van der Waals surface area contributed by atoms with E-state index >= 15 is 0 Å². The van der Waals surface area contributed by atoms with E-state index < -0.39 is 6.04 Å². The molecule has 0 fully saturated rings. The molecule has 0 aliphatic carbocycles. The van der Waals surface area contributed by atoms with Gasteiger partial charge < -0.3 is 25.7 Å². The van der Waals surface area contributed by atoms with Gasteiger partial charge in [0.1, 0.15) is 17.5 Å². The minimum atomic E-state index is -0.414. The molecule has 0 aromatic heterocycles. The first kappa shape index (κ1) is 23.7. The molecular weight excluding hydrogens is 402 g/mol. The first-order valence-corrected chi connectivity index (χ1v) is 11.4. The SMILES string of the molecule is CCNCc1ccc(N2C(c3cc(C(C)C)c(O)cc3O)=CCC2C(=O)NC(C)C)cc1. The summed E-state index contributed by atoms with van der Waals surface area (Å²) >= 11 is 0. The normalized spacial score (nSPS) is 16.0. The smallest absolute Gasteiger partial charge is 0.243 e. The summed E-state index contributed by atoms with van der Waals surface area (Å²) in [7, 11) is 0. The standard InChI is InChI=1S/C26H35N3O3/c1-6-27-15-18-7-9-19(10-8-18)29-22(11-12-23(29)26(32)28-17(4)5)21-13-20(16(2)3)24(30)14-25(21)31/h7-11,13-14,16-17,23,27,30-31H,6,12,15H2,1-5H3,(H,28,32). The highest BCUT2D eigenvalue weighted by molar-refractivity contribution is 5.96. The molecule has 172 valence electrons. The van der Waals surface area contributed by atoms with Crippen LogP contribution in [0.25, 0.3) is 5.70 Å². The summed E-state index contributed by atoms with van der Waals surface area (Å²) in [5, 5.41) is 27.3. The van der Waals surface area contributed by atoms with Crippen molar-refractivity contribution in [3.8, 4) is 11.5 Å². The van der Waals surface area contributed by atoms with Crippen molar-refractivity contribution in [1.29, 1.82) is 0 Å². The molecule has 32 heavy (non-hydrogen) atoms. The Balaban J connectivity index is 2.03. The lowest BCUT2D eigenvalue weighted by atomic mass is 9.97. The summed E-state index contributed by atoms with van der Waals surface area (Å²) in [5.74, 6) is 0.116. The predicted octanol–water partition coefficient (Wildman–Crippen LogP) is 4.48. The molecule has 1 amide bonds. The van der Waals surface area contributed by atoms with E-state index in [1.54, 1.807) is 0 Å². The fourth-order valence-corrected chi connectivity index (χ4v) is 4.06. The molecule has 6 nitrogen and oxygen atoms in total. The molecule has 0 saturated carbocycles. The molecular formula is C26H35N3O3. The Kier molecular flexibility index (Phi) is 7.46. The summed E-state index contributed by atoms with van der Waals surface area (Å²) in [6, 6.07) is 11.0. The highest BCUT2D eigenvalue weighted by Gasteiger charge is 2.35. The predicted molar refractivity (Wildman–Crippen MR) is 130 cm³/mol. The van der Waals surface area contributed by atoms with E-state index in [1.165, 1.54) is 6.07 Å². The van der Waals surface area contributed by atoms with Crippen LogP contribution in [0.1, 0.15) is 63.6 Å². The minimum Gasteiger partial charge on any atom is -0.508 e. The molecule has 6 heteroatoms. The first-order chi connectivity index (χ1) is 15.2. The van der Waals surface area contributed by atoms with Crippen LogP contribution in [-0.4, -0.2) is 34.7 Å². The summed E-state index contributed by atoms with van der Waals surface area (Å²) in [4.78, 5) is 15.0. The maximum atomic E-state index is 13.0. The molecule has 0 saturated heterocycles. The molecule has 2 aromatic rings. The number of rotatable bonds is 8. The van der Waals surface area contributed by atoms with Crippen LogP contribution in [0.4, 0.5) is 5.69 Å². The molecule has 1 aliphatic heterocycles. The van der Waals surface area contributed by atoms with Gasteiger partial charge in [0.25, 0.3) is 0 Å². The highest BCUT2D eigenvalue weighted by atomic mass is 16.3. The zero-order chi connectivity index (χ0) is 23.4. The third kappa shape index (κ3) is 5.07. The van der Waals surface area contributed by atoms with E-state index in [2.05, 4.69) is 29.7 Å². The van der Waals surface area contributed by atoms with Gasteiger partial charge in [-0.1, -0.05) is 39.0 Å². The maximum Gasteiger partial charge on any atom is 0.243 e. The lowest BCUT2D eigenvalue weighted by Crippen LogP contribution is -2.45. The maximum absolute atomic E-state index is 13.0. The second-order valence-electron chi connectivity index (χ2n) is 8.90. The number of carbonyl (C=O) groups excluding carboxylic acids is 1. The molecule has 0 bridgehead atoms. The number of hydrogen-bond donors (Lipinski definition) is 4. The van der Waals surface area contributed by atoms with E-state index in [9.17, 15) is 15.0 Å². The second kappa shape index (κ2) is 10.1. The number of nitrogens with zero attached hydrogens (tertiary/aromatic N) is 1. The van der Waals surface area contributed by atoms with Gasteiger partial charge in [0.15, 0.2) is 0 Å². The van der Waals surface area contributed by atoms with Crippen molar-refractivity contribution >= 4 is 17.3 Å². The Morgan fingerprint density at radius 3 is 2.38 bits per heavy atom. The third-order valence-corrected chi connectivity index (χ3v) is 5.68. The quantitative estimate of drug-likeness (QED) is 0.490. The molecule has 3 rings (SSSR count). The van der Waals surface area contributed by atoms with Crippen LogP contribution in [0, 0.1) is 0 Å². The van der Waals surface area contributed by atoms with Crippen molar-refractivity contribution in [2.75, 3.05) is 11.4 Å². The summed E-state index contributed by atoms with van der Waals surface area (Å²) in [6.07, 6.45) is 2.53. The summed E-state index contributed by atoms with van der Waals surface area (Å²) in [5.41, 5.74) is 4.19. The fraction of sp³-hybridized carbons (Fsp3) is 0.423. The zero-order valence-electron chi connectivity index (χ0n) is 19.6. The third-order valence-electron chi connectivity index (χ3n) is 5.68. The van der Waals surface area contributed by atoms with Crippen LogP contribution >= 0.6 is 0 Å². The van der Waals surface area contributed by atoms with Crippen LogP contribution in [0.15, 0.2) is 42.5 Å². The van der Waals surface area contributed by atoms with Gasteiger partial charge in [-0.2, -0.15) is 0 Å². The second-order valence-corrected chi connectivity index (χ2v) is 8.90. The lowest BCUT2D eigenvalue weighted by molar-refractivity contribution is -0.122. The van der Waals surface area contributed by atoms with E-state index in [0.717, 1.165) is 35.6 Å². The van der Waals surface area contributed by atoms with Crippen LogP contribution in [-0.2, 0) is 11.3 Å². The molecule has 1 atom stereocenters. The van der Waals surface area contributed by atoms with Gasteiger partial charge in [-0.3, -0.25) is 4.79 Å². The first-order valence-electron chi connectivity index (χ1n) is 11.4. The average molecular weight is 438 g/mol. The van der Waals surface area contributed by atoms with E-state index in [1.807, 2.05) is 56.9 Å². The number of anilines is 1. The highest BCUT2D eigenvalue weighted by Crippen LogP contribution is 2.42. The molecule has 1 unspecified atom stereocenters. The molecule has 1 heterocycles. The van der Waals surface area contributed by atoms with Crippen LogP contribution < -0.4 is 15.5 Å². The molecule has 0 radical (unpaired) electrons. The zero-order valence-corrected chi connectivity index (χ0v) is 19.6. The Morgan fingerprint density at radius 1 is 1.09 bits per heavy atom. The van der Waals surface area contributed by atoms with Gasteiger partial charge in [-0.25, -0.2) is 0 Å². The Hall–Kier alpha value is -2.99. The average Bonchev–Trinajstić information content (AvgIpc) is 3.17. The monoisotopic (exact) mass is 437 g/mol. The van der Waals surface area contributed by atoms with Gasteiger partial charge >= 0.3 is 0 Å². The van der Waals surface area contributed by atoms with Crippen molar-refractivity contribution in [3.05, 3.63) is 59.2 Å². The number of carbonyl (C=O) groups is 1. The van der Waals surface area contributed by atoms with Crippen LogP contribution in [0.2, 0.25) is 0 Å². The number of benzene rings is 2. The Bertz CT molecular complexity index is 981. The van der Waals surface area contributed by atoms with Gasteiger partial charge in [-0.05, 0) is 62.1 Å². The molecule has 2 aromatic carbocycles. The molecule has 4 N–H and O–H groups in total. The van der Waals surface area contributed by atoms with E-state index in [-0.39, 0.29) is 29.4 Å². The molecule has 0 spiro atoms. The van der Waals surface area contributed by atoms with Crippen LogP contribution in [0.3, 0.4) is 0 Å². The Morgan fingerprint density at radius 2 is 1.78 bits per heavy atom. The summed E-state index contributed by atoms with van der Waals surface area (Å²) < 4.78 is 0. The van der Waals surface area contributed by atoms with Crippen molar-refractivity contribution in [1.82, 2.24) is 10.6 Å². The van der Waals surface area contributed by atoms with Gasteiger partial charge in [0.2, 0.25) is 5.91 Å². The largest absolute Gasteiger partial charge is 0.508 e. The van der Waals surface area contributed by atoms with E-state index in [4.69, 9.17) is 0 Å². The van der Waals surface area contributed by atoms with E-state index in [0.29, 0.717) is 12.0 Å². The number of amides is 1. The van der Waals surface area contributed by atoms with Gasteiger partial charge in [-0.15, -0.1) is 0 Å². The topological polar surface area (TPSA) is 84.8 Å². The van der Waals surface area contributed by atoms with Crippen molar-refractivity contribution in [2.45, 2.75) is 65.6 Å². The fourth-order valence-electron chi connectivity index (χ4n) is 4.06. The number of phenols is 2. The number of aromatic hydroxyl groups is 2. The number of phenolic OH excluding ortho intramolecular Hbond substituents is 2. The molecule has 1 aliphatic rings. The Labute approximate surface area is 191 Å². The van der Waals surface area contributed by atoms with Crippen LogP contribution in [0.5, 0.6) is 11.5 Å². The van der Waals surface area contributed by atoms with Crippen molar-refractivity contribution in [2.24, 2.45) is 0 Å². The summed E-state index contributed by atoms with van der Waals surface area (Å²) in [6.45, 7) is 11.6. The van der Waals surface area contributed by atoms with Gasteiger partial charge in [0.05, 0.1) is 0 Å². The number of nitrogens with one attached hydrogen (secondary N) is 2. The lowest BCUT2D eigenvalue weighted by Gasteiger charge is -2.31. The van der Waals surface area contributed by atoms with Crippen molar-refractivity contribution in [3.63, 3.8) is 0 Å². The van der Waals surface area contributed by atoms with Gasteiger partial charge in [0, 0.05) is 35.6 Å². The number of hydrogen-bond acceptors (Lipinski definition) is 5.